The first-order chi connectivity index (χ1) is 6.95. The number of aromatic nitrogens is 2. The van der Waals surface area contributed by atoms with Gasteiger partial charge in [-0.2, -0.15) is 5.10 Å². The number of hydrogen-bond acceptors (Lipinski definition) is 4. The molecule has 0 unspecified atom stereocenters. The molecule has 1 fully saturated rings. The zero-order valence-corrected chi connectivity index (χ0v) is 8.96. The Bertz CT molecular complexity index is 259. The largest absolute Gasteiger partial charge is 0.255 e. The number of nitrogens with one attached hydrogen (secondary N) is 1. The van der Waals surface area contributed by atoms with E-state index in [1.807, 2.05) is 12.1 Å². The maximum atomic E-state index is 4.01. The molecule has 14 heavy (non-hydrogen) atoms. The van der Waals surface area contributed by atoms with Crippen molar-refractivity contribution in [1.82, 2.24) is 14.9 Å². The van der Waals surface area contributed by atoms with Gasteiger partial charge in [0, 0.05) is 12.2 Å². The van der Waals surface area contributed by atoms with Crippen LogP contribution in [0.4, 0.5) is 0 Å². The molecule has 4 heteroatoms. The molecule has 0 radical (unpaired) electrons. The Balaban J connectivity index is 1.76. The highest BCUT2D eigenvalue weighted by Crippen LogP contribution is 2.20. The molecule has 0 saturated heterocycles. The van der Waals surface area contributed by atoms with E-state index >= 15 is 0 Å². The zero-order valence-electron chi connectivity index (χ0n) is 8.15. The molecule has 2 rings (SSSR count). The summed E-state index contributed by atoms with van der Waals surface area (Å²) >= 11 is 1.60. The van der Waals surface area contributed by atoms with Crippen LogP contribution in [-0.4, -0.2) is 16.2 Å². The van der Waals surface area contributed by atoms with Crippen LogP contribution >= 0.6 is 11.9 Å². The molecule has 0 aliphatic heterocycles. The molecule has 1 heterocycles. The molecule has 1 saturated carbocycles. The fourth-order valence-corrected chi connectivity index (χ4v) is 2.46. The molecule has 0 atom stereocenters. The average Bonchev–Trinajstić information content (AvgIpc) is 2.29. The van der Waals surface area contributed by atoms with Crippen molar-refractivity contribution in [2.24, 2.45) is 0 Å². The van der Waals surface area contributed by atoms with Gasteiger partial charge in [0.15, 0.2) is 0 Å². The predicted octanol–water partition coefficient (Wildman–Crippen LogP) is 2.41. The van der Waals surface area contributed by atoms with E-state index in [0.29, 0.717) is 6.04 Å². The molecule has 3 nitrogen and oxygen atoms in total. The van der Waals surface area contributed by atoms with Crippen LogP contribution in [0.25, 0.3) is 0 Å². The molecular weight excluding hydrogens is 194 g/mol. The third-order valence-corrected chi connectivity index (χ3v) is 3.36. The van der Waals surface area contributed by atoms with Gasteiger partial charge >= 0.3 is 0 Å². The topological polar surface area (TPSA) is 37.8 Å². The second kappa shape index (κ2) is 5.32. The standard InChI is InChI=1S/C10H15N3S/c1-2-5-9(6-3-1)13-14-10-7-4-8-11-12-10/h4,7-9,13H,1-3,5-6H2. The summed E-state index contributed by atoms with van der Waals surface area (Å²) in [5.74, 6) is 0. The molecule has 0 amide bonds. The summed E-state index contributed by atoms with van der Waals surface area (Å²) in [6.45, 7) is 0. The van der Waals surface area contributed by atoms with Crippen molar-refractivity contribution in [1.29, 1.82) is 0 Å². The van der Waals surface area contributed by atoms with Gasteiger partial charge in [-0.15, -0.1) is 5.10 Å². The quantitative estimate of drug-likeness (QED) is 0.776. The van der Waals surface area contributed by atoms with Crippen LogP contribution in [0.3, 0.4) is 0 Å². The maximum absolute atomic E-state index is 4.01. The molecule has 0 aromatic carbocycles. The highest BCUT2D eigenvalue weighted by Gasteiger charge is 2.12. The monoisotopic (exact) mass is 209 g/mol. The Hall–Kier alpha value is -0.610. The first-order valence-corrected chi connectivity index (χ1v) is 5.97. The fourth-order valence-electron chi connectivity index (χ4n) is 1.71. The van der Waals surface area contributed by atoms with Crippen molar-refractivity contribution in [3.05, 3.63) is 18.3 Å². The van der Waals surface area contributed by atoms with E-state index in [0.717, 1.165) is 5.03 Å². The van der Waals surface area contributed by atoms with Gasteiger partial charge in [-0.25, -0.2) is 0 Å². The number of nitrogens with zero attached hydrogens (tertiary/aromatic N) is 2. The Morgan fingerprint density at radius 3 is 2.86 bits per heavy atom. The zero-order chi connectivity index (χ0) is 9.64. The van der Waals surface area contributed by atoms with Crippen LogP contribution in [-0.2, 0) is 0 Å². The number of rotatable bonds is 3. The molecule has 0 spiro atoms. The van der Waals surface area contributed by atoms with E-state index in [9.17, 15) is 0 Å². The van der Waals surface area contributed by atoms with Crippen molar-refractivity contribution >= 4 is 11.9 Å². The second-order valence-corrected chi connectivity index (χ2v) is 4.47. The SMILES string of the molecule is c1cnnc(SNC2CCCCC2)c1. The van der Waals surface area contributed by atoms with Gasteiger partial charge in [-0.05, 0) is 36.9 Å². The predicted molar refractivity (Wildman–Crippen MR) is 57.9 cm³/mol. The van der Waals surface area contributed by atoms with Gasteiger partial charge in [0.1, 0.15) is 5.03 Å². The Kier molecular flexibility index (Phi) is 3.77. The minimum absolute atomic E-state index is 0.663. The van der Waals surface area contributed by atoms with Gasteiger partial charge in [0.2, 0.25) is 0 Å². The smallest absolute Gasteiger partial charge is 0.134 e. The number of hydrogen-bond donors (Lipinski definition) is 1. The highest BCUT2D eigenvalue weighted by atomic mass is 32.2. The second-order valence-electron chi connectivity index (χ2n) is 3.62. The average molecular weight is 209 g/mol. The normalized spacial score (nSPS) is 18.3. The molecule has 1 aromatic rings. The van der Waals surface area contributed by atoms with E-state index in [-0.39, 0.29) is 0 Å². The van der Waals surface area contributed by atoms with E-state index < -0.39 is 0 Å². The van der Waals surface area contributed by atoms with Gasteiger partial charge < -0.3 is 0 Å². The summed E-state index contributed by atoms with van der Waals surface area (Å²) in [5, 5.41) is 8.81. The molecule has 0 bridgehead atoms. The van der Waals surface area contributed by atoms with E-state index in [4.69, 9.17) is 0 Å². The summed E-state index contributed by atoms with van der Waals surface area (Å²) in [4.78, 5) is 0. The Morgan fingerprint density at radius 2 is 2.14 bits per heavy atom. The third-order valence-electron chi connectivity index (χ3n) is 2.48. The summed E-state index contributed by atoms with van der Waals surface area (Å²) < 4.78 is 3.45. The van der Waals surface area contributed by atoms with Gasteiger partial charge in [0.05, 0.1) is 0 Å². The van der Waals surface area contributed by atoms with Crippen LogP contribution in [0, 0.1) is 0 Å². The van der Waals surface area contributed by atoms with E-state index in [2.05, 4.69) is 14.9 Å². The molecular formula is C10H15N3S. The van der Waals surface area contributed by atoms with Crippen LogP contribution in [0.5, 0.6) is 0 Å². The lowest BCUT2D eigenvalue weighted by atomic mass is 9.96. The Morgan fingerprint density at radius 1 is 1.29 bits per heavy atom. The first kappa shape index (κ1) is 9.93. The molecule has 1 aromatic heterocycles. The third kappa shape index (κ3) is 2.96. The van der Waals surface area contributed by atoms with Crippen LogP contribution in [0.15, 0.2) is 23.4 Å². The lowest BCUT2D eigenvalue weighted by Crippen LogP contribution is -2.25. The molecule has 76 valence electrons. The lowest BCUT2D eigenvalue weighted by molar-refractivity contribution is 0.423. The van der Waals surface area contributed by atoms with Crippen LogP contribution in [0.1, 0.15) is 32.1 Å². The van der Waals surface area contributed by atoms with E-state index in [1.165, 1.54) is 32.1 Å². The molecule has 1 N–H and O–H groups in total. The van der Waals surface area contributed by atoms with Crippen LogP contribution < -0.4 is 4.72 Å². The minimum Gasteiger partial charge on any atom is -0.255 e. The summed E-state index contributed by atoms with van der Waals surface area (Å²) in [6.07, 6.45) is 8.41. The first-order valence-electron chi connectivity index (χ1n) is 5.15. The highest BCUT2D eigenvalue weighted by molar-refractivity contribution is 7.97. The van der Waals surface area contributed by atoms with Crippen molar-refractivity contribution in [3.63, 3.8) is 0 Å². The summed E-state index contributed by atoms with van der Waals surface area (Å²) in [7, 11) is 0. The van der Waals surface area contributed by atoms with Crippen molar-refractivity contribution in [2.45, 2.75) is 43.2 Å². The van der Waals surface area contributed by atoms with Crippen molar-refractivity contribution in [3.8, 4) is 0 Å². The van der Waals surface area contributed by atoms with Gasteiger partial charge in [-0.3, -0.25) is 4.72 Å². The van der Waals surface area contributed by atoms with Crippen molar-refractivity contribution in [2.75, 3.05) is 0 Å². The Labute approximate surface area is 88.8 Å². The van der Waals surface area contributed by atoms with Gasteiger partial charge in [0.25, 0.3) is 0 Å². The maximum Gasteiger partial charge on any atom is 0.134 e. The lowest BCUT2D eigenvalue weighted by Gasteiger charge is -2.21. The summed E-state index contributed by atoms with van der Waals surface area (Å²) in [5.41, 5.74) is 0. The van der Waals surface area contributed by atoms with Crippen molar-refractivity contribution < 1.29 is 0 Å². The van der Waals surface area contributed by atoms with E-state index in [1.54, 1.807) is 18.1 Å². The fraction of sp³-hybridized carbons (Fsp3) is 0.600. The minimum atomic E-state index is 0.663. The molecule has 1 aliphatic rings. The summed E-state index contributed by atoms with van der Waals surface area (Å²) in [6, 6.07) is 4.56. The van der Waals surface area contributed by atoms with Gasteiger partial charge in [-0.1, -0.05) is 19.3 Å². The van der Waals surface area contributed by atoms with Crippen LogP contribution in [0.2, 0.25) is 0 Å². The molecule has 1 aliphatic carbocycles.